The molecule has 0 spiro atoms. The second-order valence-corrected chi connectivity index (χ2v) is 6.67. The maximum Gasteiger partial charge on any atom is 0.102 e. The standard InChI is InChI=1S/C18H16Cl2N4.CH4/c1-24-16(10-17-21-7-8-22-17)14-4-2-3-13(18(14)23-24)12-6-5-11(19)9-15(12)20;/h2-6,9H,7-8,10H2,1H3,(H,21,22);1H4. The van der Waals surface area contributed by atoms with Gasteiger partial charge in [0.1, 0.15) is 11.4 Å². The van der Waals surface area contributed by atoms with Gasteiger partial charge in [-0.05, 0) is 12.1 Å². The number of nitrogens with zero attached hydrogens (tertiary/aromatic N) is 3. The molecule has 0 radical (unpaired) electrons. The van der Waals surface area contributed by atoms with Gasteiger partial charge in [-0.25, -0.2) is 0 Å². The fourth-order valence-electron chi connectivity index (χ4n) is 3.13. The van der Waals surface area contributed by atoms with Gasteiger partial charge in [0.25, 0.3) is 0 Å². The molecule has 1 N–H and O–H groups in total. The minimum absolute atomic E-state index is 0. The van der Waals surface area contributed by atoms with Crippen molar-refractivity contribution in [2.24, 2.45) is 12.0 Å². The first-order chi connectivity index (χ1) is 11.6. The third-order valence-electron chi connectivity index (χ3n) is 4.29. The molecular weight excluding hydrogens is 355 g/mol. The van der Waals surface area contributed by atoms with Crippen molar-refractivity contribution in [2.75, 3.05) is 13.1 Å². The van der Waals surface area contributed by atoms with Crippen LogP contribution in [-0.2, 0) is 13.5 Å². The number of fused-ring (bicyclic) bond motifs is 1. The molecule has 0 atom stereocenters. The van der Waals surface area contributed by atoms with Crippen LogP contribution in [0, 0.1) is 0 Å². The van der Waals surface area contributed by atoms with E-state index in [1.165, 1.54) is 0 Å². The number of nitrogens with one attached hydrogen (secondary N) is 1. The zero-order valence-electron chi connectivity index (χ0n) is 13.2. The molecule has 0 aliphatic carbocycles. The predicted molar refractivity (Wildman–Crippen MR) is 107 cm³/mol. The van der Waals surface area contributed by atoms with Crippen molar-refractivity contribution in [2.45, 2.75) is 13.8 Å². The maximum atomic E-state index is 6.40. The van der Waals surface area contributed by atoms with Gasteiger partial charge in [0, 0.05) is 46.6 Å². The first-order valence-electron chi connectivity index (χ1n) is 7.80. The van der Waals surface area contributed by atoms with Crippen molar-refractivity contribution < 1.29 is 0 Å². The van der Waals surface area contributed by atoms with Gasteiger partial charge < -0.3 is 5.32 Å². The van der Waals surface area contributed by atoms with Gasteiger partial charge in [-0.15, -0.1) is 0 Å². The van der Waals surface area contributed by atoms with Crippen molar-refractivity contribution in [3.8, 4) is 11.1 Å². The first kappa shape index (κ1) is 17.8. The van der Waals surface area contributed by atoms with Crippen LogP contribution in [0.4, 0.5) is 0 Å². The molecule has 2 aromatic carbocycles. The lowest BCUT2D eigenvalue weighted by molar-refractivity contribution is 0.740. The molecule has 1 aliphatic heterocycles. The van der Waals surface area contributed by atoms with Crippen LogP contribution in [0.3, 0.4) is 0 Å². The van der Waals surface area contributed by atoms with E-state index < -0.39 is 0 Å². The van der Waals surface area contributed by atoms with Gasteiger partial charge in [-0.1, -0.05) is 54.9 Å². The average Bonchev–Trinajstić information content (AvgIpc) is 3.17. The van der Waals surface area contributed by atoms with E-state index in [2.05, 4.69) is 16.4 Å². The molecule has 0 saturated heterocycles. The Hall–Kier alpha value is -2.04. The lowest BCUT2D eigenvalue weighted by atomic mass is 10.0. The highest BCUT2D eigenvalue weighted by Gasteiger charge is 2.17. The van der Waals surface area contributed by atoms with Crippen molar-refractivity contribution in [1.29, 1.82) is 0 Å². The van der Waals surface area contributed by atoms with Gasteiger partial charge in [-0.3, -0.25) is 9.67 Å². The highest BCUT2D eigenvalue weighted by molar-refractivity contribution is 6.36. The molecule has 1 aliphatic rings. The molecule has 0 amide bonds. The van der Waals surface area contributed by atoms with Crippen LogP contribution < -0.4 is 5.32 Å². The molecule has 1 aromatic heterocycles. The molecule has 3 aromatic rings. The number of hydrogen-bond acceptors (Lipinski definition) is 3. The maximum absolute atomic E-state index is 6.40. The van der Waals surface area contributed by atoms with Gasteiger partial charge in [0.15, 0.2) is 0 Å². The van der Waals surface area contributed by atoms with Crippen LogP contribution in [0.1, 0.15) is 13.1 Å². The van der Waals surface area contributed by atoms with E-state index in [0.29, 0.717) is 10.0 Å². The molecule has 4 rings (SSSR count). The normalized spacial score (nSPS) is 13.5. The van der Waals surface area contributed by atoms with E-state index in [9.17, 15) is 0 Å². The molecule has 0 fully saturated rings. The Labute approximate surface area is 157 Å². The SMILES string of the molecule is C.Cn1nc2c(-c3ccc(Cl)cc3Cl)cccc2c1CC1=NCCN1. The molecule has 0 bridgehead atoms. The van der Waals surface area contributed by atoms with Crippen LogP contribution in [0.5, 0.6) is 0 Å². The van der Waals surface area contributed by atoms with Crippen LogP contribution >= 0.6 is 23.2 Å². The number of aliphatic imine (C=N–C) groups is 1. The summed E-state index contributed by atoms with van der Waals surface area (Å²) in [6.07, 6.45) is 0.755. The summed E-state index contributed by atoms with van der Waals surface area (Å²) in [5.74, 6) is 1.02. The number of halogens is 2. The zero-order valence-corrected chi connectivity index (χ0v) is 14.7. The van der Waals surface area contributed by atoms with Crippen molar-refractivity contribution in [1.82, 2.24) is 15.1 Å². The van der Waals surface area contributed by atoms with E-state index in [-0.39, 0.29) is 7.43 Å². The van der Waals surface area contributed by atoms with Gasteiger partial charge >= 0.3 is 0 Å². The van der Waals surface area contributed by atoms with E-state index in [1.54, 1.807) is 6.07 Å². The fraction of sp³-hybridized carbons (Fsp3) is 0.263. The van der Waals surface area contributed by atoms with E-state index in [1.807, 2.05) is 36.0 Å². The van der Waals surface area contributed by atoms with Crippen LogP contribution in [0.15, 0.2) is 41.4 Å². The summed E-state index contributed by atoms with van der Waals surface area (Å²) < 4.78 is 1.93. The van der Waals surface area contributed by atoms with E-state index >= 15 is 0 Å². The van der Waals surface area contributed by atoms with Gasteiger partial charge in [-0.2, -0.15) is 5.10 Å². The fourth-order valence-corrected chi connectivity index (χ4v) is 3.64. The van der Waals surface area contributed by atoms with Gasteiger partial charge in [0.05, 0.1) is 12.2 Å². The Balaban J connectivity index is 0.00000182. The molecule has 130 valence electrons. The lowest BCUT2D eigenvalue weighted by Gasteiger charge is -2.06. The second-order valence-electron chi connectivity index (χ2n) is 5.83. The largest absolute Gasteiger partial charge is 0.372 e. The number of benzene rings is 2. The highest BCUT2D eigenvalue weighted by atomic mass is 35.5. The summed E-state index contributed by atoms with van der Waals surface area (Å²) in [4.78, 5) is 4.49. The molecule has 0 unspecified atom stereocenters. The summed E-state index contributed by atoms with van der Waals surface area (Å²) in [5.41, 5.74) is 4.04. The second kappa shape index (κ2) is 7.06. The van der Waals surface area contributed by atoms with Gasteiger partial charge in [0.2, 0.25) is 0 Å². The summed E-state index contributed by atoms with van der Waals surface area (Å²) in [5, 5.41) is 10.4. The predicted octanol–water partition coefficient (Wildman–Crippen LogP) is 4.73. The van der Waals surface area contributed by atoms with Crippen LogP contribution in [0.25, 0.3) is 22.0 Å². The quantitative estimate of drug-likeness (QED) is 0.719. The Morgan fingerprint density at radius 2 is 2.00 bits per heavy atom. The third kappa shape index (κ3) is 3.24. The first-order valence-corrected chi connectivity index (χ1v) is 8.56. The van der Waals surface area contributed by atoms with E-state index in [4.69, 9.17) is 28.3 Å². The number of aromatic nitrogens is 2. The third-order valence-corrected chi connectivity index (χ3v) is 4.84. The summed E-state index contributed by atoms with van der Waals surface area (Å²) in [7, 11) is 1.97. The van der Waals surface area contributed by atoms with E-state index in [0.717, 1.165) is 53.1 Å². The molecule has 6 heteroatoms. The Morgan fingerprint density at radius 1 is 1.16 bits per heavy atom. The monoisotopic (exact) mass is 374 g/mol. The molecule has 4 nitrogen and oxygen atoms in total. The Morgan fingerprint density at radius 3 is 2.72 bits per heavy atom. The Kier molecular flexibility index (Phi) is 5.02. The number of amidine groups is 1. The topological polar surface area (TPSA) is 42.2 Å². The minimum Gasteiger partial charge on any atom is -0.372 e. The number of hydrogen-bond donors (Lipinski definition) is 1. The average molecular weight is 375 g/mol. The zero-order chi connectivity index (χ0) is 16.7. The van der Waals surface area contributed by atoms with Crippen LogP contribution in [-0.4, -0.2) is 28.7 Å². The highest BCUT2D eigenvalue weighted by Crippen LogP contribution is 2.35. The number of aryl methyl sites for hydroxylation is 1. The minimum atomic E-state index is 0. The summed E-state index contributed by atoms with van der Waals surface area (Å²) >= 11 is 12.4. The van der Waals surface area contributed by atoms with Crippen molar-refractivity contribution in [3.63, 3.8) is 0 Å². The molecule has 25 heavy (non-hydrogen) atoms. The van der Waals surface area contributed by atoms with Crippen molar-refractivity contribution in [3.05, 3.63) is 52.1 Å². The smallest absolute Gasteiger partial charge is 0.102 e. The van der Waals surface area contributed by atoms with Crippen LogP contribution in [0.2, 0.25) is 10.0 Å². The lowest BCUT2D eigenvalue weighted by Crippen LogP contribution is -2.21. The Bertz CT molecular complexity index is 959. The van der Waals surface area contributed by atoms with Crippen molar-refractivity contribution >= 4 is 39.9 Å². The summed E-state index contributed by atoms with van der Waals surface area (Å²) in [6.45, 7) is 1.76. The molecular formula is C19H20Cl2N4. The molecule has 2 heterocycles. The number of rotatable bonds is 3. The summed E-state index contributed by atoms with van der Waals surface area (Å²) in [6, 6.07) is 11.7. The molecule has 0 saturated carbocycles.